The summed E-state index contributed by atoms with van der Waals surface area (Å²) in [5, 5.41) is 39.5. The van der Waals surface area contributed by atoms with Crippen LogP contribution >= 0.6 is 0 Å². The van der Waals surface area contributed by atoms with Gasteiger partial charge in [0.1, 0.15) is 92.4 Å². The number of aromatic amines is 1. The second-order valence-corrected chi connectivity index (χ2v) is 36.8. The molecule has 4 fully saturated rings. The number of primary amides is 1. The number of benzene rings is 2. The SMILES string of the molecule is CNC(=O)C1(NC(=O)C(=O)c2c(C)c(C(=O)Nc3ccnc(C(C)F)c3F)n3c2CCC3)CC(F)(F)C1.Cc1c(C(=O)C(=O)NC2(c3cn[nH]n3)CC(F)(F)C2)c2n(c1C(=O)Nc1ccnc(C(C)F)c1F)C[C@H](F)C2.Cc1c(F)cc(NC(=O)c2c(C)c(C(=O)C(=O)NC3(C(N)=O)CC(F)(F)C3)c3n2CCC3)cc1F.Cc1ccc(NC(=O)c2c(C)c(C(=O)C(=O)NC3(C#N)CC(F)(F)C3)c3n2CCC3)cc1F. The van der Waals surface area contributed by atoms with E-state index in [-0.39, 0.29) is 120 Å². The minimum atomic E-state index is -3.20. The van der Waals surface area contributed by atoms with Gasteiger partial charge in [-0.3, -0.25) is 77.1 Å². The molecular weight excluding hydrogens is 1940 g/mol. The van der Waals surface area contributed by atoms with Crippen molar-refractivity contribution >= 4 is 105 Å². The first kappa shape index (κ1) is 105. The highest BCUT2D eigenvalue weighted by atomic mass is 19.3. The Labute approximate surface area is 805 Å². The van der Waals surface area contributed by atoms with E-state index in [4.69, 9.17) is 5.73 Å². The monoisotopic (exact) mass is 2030 g/mol. The van der Waals surface area contributed by atoms with Crippen molar-refractivity contribution in [2.45, 2.75) is 242 Å². The zero-order valence-electron chi connectivity index (χ0n) is 77.8. The van der Waals surface area contributed by atoms with Gasteiger partial charge < -0.3 is 71.9 Å². The van der Waals surface area contributed by atoms with Crippen LogP contribution in [0.15, 0.2) is 61.1 Å². The molecule has 4 aliphatic heterocycles. The van der Waals surface area contributed by atoms with Gasteiger partial charge in [-0.05, 0) is 158 Å². The number of Topliss-reactive ketones (excluding diaryl/α,β-unsaturated/α-hetero) is 4. The molecule has 10 amide bonds. The second-order valence-electron chi connectivity index (χ2n) is 36.8. The fourth-order valence-corrected chi connectivity index (χ4v) is 19.7. The zero-order valence-corrected chi connectivity index (χ0v) is 77.8. The van der Waals surface area contributed by atoms with Crippen LogP contribution in [0.1, 0.15) is 253 Å². The minimum absolute atomic E-state index is 0.00546. The fraction of sp³-hybridized carbons (Fsp3) is 0.415. The zero-order chi connectivity index (χ0) is 106. The number of aromatic nitrogens is 9. The Balaban J connectivity index is 0.000000152. The van der Waals surface area contributed by atoms with Crippen molar-refractivity contribution < 1.29 is 137 Å². The van der Waals surface area contributed by atoms with Gasteiger partial charge in [0.2, 0.25) is 11.8 Å². The third kappa shape index (κ3) is 19.9. The van der Waals surface area contributed by atoms with E-state index in [1.54, 1.807) is 23.6 Å². The van der Waals surface area contributed by atoms with Crippen LogP contribution in [-0.4, -0.2) is 179 Å². The van der Waals surface area contributed by atoms with E-state index < -0.39 is 238 Å². The van der Waals surface area contributed by atoms with Crippen molar-refractivity contribution in [1.82, 2.24) is 70.2 Å². The number of halogens is 16. The Morgan fingerprint density at radius 3 is 1.23 bits per heavy atom. The third-order valence-electron chi connectivity index (χ3n) is 26.4. The number of rotatable bonds is 25. The van der Waals surface area contributed by atoms with E-state index in [2.05, 4.69) is 73.2 Å². The average Bonchev–Trinajstić information content (AvgIpc) is 1.63. The van der Waals surface area contributed by atoms with E-state index in [9.17, 15) is 143 Å². The Kier molecular flexibility index (Phi) is 28.2. The fourth-order valence-electron chi connectivity index (χ4n) is 19.7. The van der Waals surface area contributed by atoms with Gasteiger partial charge in [-0.25, -0.2) is 70.2 Å². The first-order chi connectivity index (χ1) is 67.4. The number of nitriles is 1. The van der Waals surface area contributed by atoms with Crippen LogP contribution in [0, 0.1) is 82.0 Å². The second kappa shape index (κ2) is 38.9. The molecule has 50 heteroatoms. The van der Waals surface area contributed by atoms with Crippen LogP contribution in [-0.2, 0) is 86.2 Å². The number of anilines is 4. The van der Waals surface area contributed by atoms with Crippen LogP contribution in [0.3, 0.4) is 0 Å². The topological polar surface area (TPSA) is 484 Å². The largest absolute Gasteiger partial charge is 0.368 e. The van der Waals surface area contributed by atoms with Crippen LogP contribution in [0.2, 0.25) is 0 Å². The predicted molar refractivity (Wildman–Crippen MR) is 473 cm³/mol. The molecule has 12 N–H and O–H groups in total. The molecule has 2 aromatic carbocycles. The maximum absolute atomic E-state index is 14.7. The maximum Gasteiger partial charge on any atom is 0.293 e. The number of nitrogens with one attached hydrogen (secondary N) is 10. The Bertz CT molecular complexity index is 6920. The van der Waals surface area contributed by atoms with Crippen LogP contribution in [0.4, 0.5) is 93.0 Å². The van der Waals surface area contributed by atoms with Gasteiger partial charge in [-0.15, -0.1) is 0 Å². The number of carbonyl (C=O) groups excluding carboxylic acids is 14. The third-order valence-corrected chi connectivity index (χ3v) is 26.4. The number of carbonyl (C=O) groups is 14. The van der Waals surface area contributed by atoms with Gasteiger partial charge >= 0.3 is 0 Å². The normalized spacial score (nSPS) is 18.1. The van der Waals surface area contributed by atoms with Crippen molar-refractivity contribution in [1.29, 1.82) is 5.26 Å². The average molecular weight is 2030 g/mol. The van der Waals surface area contributed by atoms with E-state index in [1.165, 1.54) is 67.5 Å². The summed E-state index contributed by atoms with van der Waals surface area (Å²) in [6.07, 6.45) is -6.19. The predicted octanol–water partition coefficient (Wildman–Crippen LogP) is 12.0. The minimum Gasteiger partial charge on any atom is -0.368 e. The summed E-state index contributed by atoms with van der Waals surface area (Å²) in [5.74, 6) is -31.2. The molecule has 3 atom stereocenters. The molecule has 11 heterocycles. The number of fused-ring (bicyclic) bond motifs is 4. The molecule has 9 aromatic rings. The number of amides is 10. The van der Waals surface area contributed by atoms with Crippen molar-refractivity contribution in [2.24, 2.45) is 5.73 Å². The molecule has 0 bridgehead atoms. The van der Waals surface area contributed by atoms with Crippen molar-refractivity contribution in [3.63, 3.8) is 0 Å². The summed E-state index contributed by atoms with van der Waals surface area (Å²) >= 11 is 0. The highest BCUT2D eigenvalue weighted by molar-refractivity contribution is 6.46. The molecule has 144 heavy (non-hydrogen) atoms. The van der Waals surface area contributed by atoms with E-state index in [0.29, 0.717) is 80.8 Å². The number of nitrogens with two attached hydrogens (primary N) is 1. The van der Waals surface area contributed by atoms with Crippen molar-refractivity contribution in [2.75, 3.05) is 28.3 Å². The molecule has 762 valence electrons. The number of ketones is 4. The summed E-state index contributed by atoms with van der Waals surface area (Å²) in [6.45, 7) is 11.6. The number of hydrogen-bond acceptors (Lipinski definition) is 19. The number of hydrogen-bond donors (Lipinski definition) is 11. The van der Waals surface area contributed by atoms with E-state index in [1.807, 2.05) is 0 Å². The highest BCUT2D eigenvalue weighted by Crippen LogP contribution is 2.53. The lowest BCUT2D eigenvalue weighted by Crippen LogP contribution is -2.69. The van der Waals surface area contributed by atoms with Gasteiger partial charge in [-0.2, -0.15) is 20.7 Å². The quantitative estimate of drug-likeness (QED) is 0.0144. The van der Waals surface area contributed by atoms with Gasteiger partial charge in [0.05, 0.1) is 58.0 Å². The molecule has 4 saturated carbocycles. The summed E-state index contributed by atoms with van der Waals surface area (Å²) in [4.78, 5) is 187. The Hall–Kier alpha value is -15.3. The molecule has 17 rings (SSSR count). The lowest BCUT2D eigenvalue weighted by molar-refractivity contribution is -0.164. The Morgan fingerprint density at radius 1 is 0.472 bits per heavy atom. The van der Waals surface area contributed by atoms with Crippen LogP contribution < -0.4 is 53.6 Å². The highest BCUT2D eigenvalue weighted by Gasteiger charge is 2.65. The first-order valence-corrected chi connectivity index (χ1v) is 44.7. The molecule has 8 aliphatic rings. The van der Waals surface area contributed by atoms with E-state index in [0.717, 1.165) is 56.7 Å². The molecule has 7 aromatic heterocycles. The van der Waals surface area contributed by atoms with Gasteiger partial charge in [0, 0.05) is 137 Å². The summed E-state index contributed by atoms with van der Waals surface area (Å²) < 4.78 is 227. The molecular formula is C94H90F16N20O14. The molecule has 2 unspecified atom stereocenters. The van der Waals surface area contributed by atoms with Gasteiger partial charge in [0.25, 0.3) is 94.1 Å². The van der Waals surface area contributed by atoms with Crippen molar-refractivity contribution in [3.8, 4) is 6.07 Å². The van der Waals surface area contributed by atoms with Gasteiger partial charge in [-0.1, -0.05) is 6.07 Å². The smallest absolute Gasteiger partial charge is 0.293 e. The number of pyridine rings is 2. The van der Waals surface area contributed by atoms with E-state index >= 15 is 0 Å². The number of likely N-dealkylation sites (N-methyl/N-ethyl adjacent to an activating group) is 1. The number of alkyl halides is 11. The van der Waals surface area contributed by atoms with Crippen LogP contribution in [0.25, 0.3) is 0 Å². The molecule has 4 aliphatic carbocycles. The molecule has 0 spiro atoms. The number of aryl methyl sites for hydroxylation is 1. The number of nitrogens with zero attached hydrogens (tertiary/aromatic N) is 9. The maximum atomic E-state index is 14.7. The lowest BCUT2D eigenvalue weighted by atomic mass is 9.71. The lowest BCUT2D eigenvalue weighted by Gasteiger charge is -2.46. The standard InChI is InChI=1S/C24H22F5N7O3.C24H25F4N5O4.C23H22F4N4O4.C23H21F3N4O3/c1-10-16(20(37)22(39)33-23(8-24(28,29)9-23)15-6-31-35-34-15)14-5-12(26)7-36(14)19(10)21(38)32-13-3-4-30-18(11(2)25)17(13)27;1-11-15(19(34)21(36)32-23(22(37)29-3)9-24(27,28)10-23)14-5-4-8-33(14)18(11)20(35)31-13-6-7-30-17(12(2)25)16(13)26;1-10-13(24)6-12(7-14(10)25)29-19(33)17-11(2)16(15-4-3-5-31(15)17)18(32)20(34)30-22(21(28)35)8-23(26,27)9-22;1-12-5-6-14(8-15(12)24)28-20(32)18-13(2)17(16-4-3-7-30(16)18)19(31)21(33)29-22(11-27)9-23(25,26)10-22/h3-4,6,11-12H,5,7-9H2,1-2H3,(H,33,39)(H,30,32,38)(H,31,34,35);6-7,12H,4-5,8-10H2,1-3H3,(H,29,37)(H,32,36)(H,30,31,35);6-7H,3-5,8-9H2,1-2H3,(H2,28,35)(H,29,33)(H,30,34);5-6,8H,3-4,7,9-10H2,1-2H3,(H,28,32)(H,29,33)/t11?,12-;;;/m1.../s1. The molecule has 0 saturated heterocycles. The Morgan fingerprint density at radius 2 is 0.847 bits per heavy atom. The van der Waals surface area contributed by atoms with Crippen molar-refractivity contribution in [3.05, 3.63) is 208 Å². The number of H-pyrrole nitrogens is 1. The summed E-state index contributed by atoms with van der Waals surface area (Å²) in [6, 6.07) is 10.1. The van der Waals surface area contributed by atoms with Crippen LogP contribution in [0.5, 0.6) is 0 Å². The molecule has 34 nitrogen and oxygen atoms in total. The van der Waals surface area contributed by atoms with Gasteiger partial charge in [0.15, 0.2) is 11.6 Å². The summed E-state index contributed by atoms with van der Waals surface area (Å²) in [5.41, 5.74) is -2.06. The first-order valence-electron chi connectivity index (χ1n) is 44.7. The molecule has 0 radical (unpaired) electrons. The summed E-state index contributed by atoms with van der Waals surface area (Å²) in [7, 11) is 1.23.